The van der Waals surface area contributed by atoms with Crippen molar-refractivity contribution >= 4 is 27.7 Å². The number of hydrogen-bond acceptors (Lipinski definition) is 4. The van der Waals surface area contributed by atoms with E-state index in [-0.39, 0.29) is 5.56 Å². The Morgan fingerprint density at radius 2 is 2.14 bits per heavy atom. The first-order valence-corrected chi connectivity index (χ1v) is 8.52. The van der Waals surface area contributed by atoms with Crippen LogP contribution in [0.1, 0.15) is 25.4 Å². The third-order valence-electron chi connectivity index (χ3n) is 2.74. The molecule has 0 unspecified atom stereocenters. The van der Waals surface area contributed by atoms with Crippen molar-refractivity contribution in [3.8, 4) is 0 Å². The van der Waals surface area contributed by atoms with Crippen molar-refractivity contribution in [3.05, 3.63) is 56.7 Å². The Kier molecular flexibility index (Phi) is 6.02. The summed E-state index contributed by atoms with van der Waals surface area (Å²) in [6.45, 7) is 4.74. The summed E-state index contributed by atoms with van der Waals surface area (Å²) in [7, 11) is 0. The molecule has 1 aromatic heterocycles. The minimum absolute atomic E-state index is 0.103. The molecule has 6 heteroatoms. The summed E-state index contributed by atoms with van der Waals surface area (Å²) in [5.41, 5.74) is 0.670. The number of rotatable bonds is 6. The Balaban J connectivity index is 2.06. The highest BCUT2D eigenvalue weighted by Crippen LogP contribution is 2.28. The summed E-state index contributed by atoms with van der Waals surface area (Å²) in [5, 5.41) is 3.27. The van der Waals surface area contributed by atoms with E-state index in [2.05, 4.69) is 45.1 Å². The standard InChI is InChI=1S/C15H18BrN3OS/c1-10(2)17-8-11-7-15(20)19-14(18-11)9-21-13-6-4-3-5-12(13)16/h3-7,10,17H,8-9H2,1-2H3,(H,18,19,20). The van der Waals surface area contributed by atoms with Crippen molar-refractivity contribution in [2.75, 3.05) is 0 Å². The molecule has 0 bridgehead atoms. The molecule has 4 nitrogen and oxygen atoms in total. The van der Waals surface area contributed by atoms with E-state index in [4.69, 9.17) is 0 Å². The first kappa shape index (κ1) is 16.3. The Labute approximate surface area is 136 Å². The van der Waals surface area contributed by atoms with Crippen LogP contribution in [0.25, 0.3) is 0 Å². The van der Waals surface area contributed by atoms with E-state index < -0.39 is 0 Å². The van der Waals surface area contributed by atoms with Crippen LogP contribution in [0.4, 0.5) is 0 Å². The molecule has 1 heterocycles. The summed E-state index contributed by atoms with van der Waals surface area (Å²) in [6, 6.07) is 9.92. The first-order valence-electron chi connectivity index (χ1n) is 6.74. The molecule has 21 heavy (non-hydrogen) atoms. The minimum Gasteiger partial charge on any atom is -0.310 e. The number of halogens is 1. The minimum atomic E-state index is -0.103. The molecule has 2 aromatic rings. The van der Waals surface area contributed by atoms with Crippen molar-refractivity contribution < 1.29 is 0 Å². The predicted molar refractivity (Wildman–Crippen MR) is 90.5 cm³/mol. The summed E-state index contributed by atoms with van der Waals surface area (Å²) in [4.78, 5) is 20.1. The molecule has 0 aliphatic heterocycles. The van der Waals surface area contributed by atoms with Crippen LogP contribution in [-0.2, 0) is 12.3 Å². The Morgan fingerprint density at radius 3 is 2.86 bits per heavy atom. The molecule has 0 radical (unpaired) electrons. The van der Waals surface area contributed by atoms with Gasteiger partial charge < -0.3 is 10.3 Å². The summed E-state index contributed by atoms with van der Waals surface area (Å²) >= 11 is 5.16. The van der Waals surface area contributed by atoms with Gasteiger partial charge in [-0.25, -0.2) is 4.98 Å². The van der Waals surface area contributed by atoms with Crippen molar-refractivity contribution in [1.29, 1.82) is 0 Å². The molecule has 0 saturated heterocycles. The first-order chi connectivity index (χ1) is 10.0. The topological polar surface area (TPSA) is 57.8 Å². The number of nitrogens with zero attached hydrogens (tertiary/aromatic N) is 1. The van der Waals surface area contributed by atoms with Gasteiger partial charge in [-0.1, -0.05) is 26.0 Å². The maximum Gasteiger partial charge on any atom is 0.251 e. The second-order valence-corrected chi connectivity index (χ2v) is 6.81. The number of aromatic nitrogens is 2. The molecular weight excluding hydrogens is 350 g/mol. The van der Waals surface area contributed by atoms with Crippen LogP contribution < -0.4 is 10.9 Å². The van der Waals surface area contributed by atoms with Crippen LogP contribution in [0, 0.1) is 0 Å². The smallest absolute Gasteiger partial charge is 0.251 e. The third kappa shape index (κ3) is 5.30. The van der Waals surface area contributed by atoms with E-state index >= 15 is 0 Å². The van der Waals surface area contributed by atoms with Gasteiger partial charge in [-0.2, -0.15) is 0 Å². The lowest BCUT2D eigenvalue weighted by atomic mass is 10.3. The van der Waals surface area contributed by atoms with Crippen molar-refractivity contribution in [2.24, 2.45) is 0 Å². The normalized spacial score (nSPS) is 11.0. The van der Waals surface area contributed by atoms with E-state index in [1.165, 1.54) is 0 Å². The predicted octanol–water partition coefficient (Wildman–Crippen LogP) is 3.32. The van der Waals surface area contributed by atoms with Crippen molar-refractivity contribution in [1.82, 2.24) is 15.3 Å². The van der Waals surface area contributed by atoms with Gasteiger partial charge in [0.15, 0.2) is 0 Å². The summed E-state index contributed by atoms with van der Waals surface area (Å²) in [6.07, 6.45) is 0. The Bertz CT molecular complexity index is 657. The van der Waals surface area contributed by atoms with Crippen LogP contribution in [0.15, 0.2) is 44.5 Å². The van der Waals surface area contributed by atoms with Crippen molar-refractivity contribution in [2.45, 2.75) is 37.1 Å². The molecule has 0 aliphatic carbocycles. The van der Waals surface area contributed by atoms with Gasteiger partial charge in [0.2, 0.25) is 0 Å². The number of thioether (sulfide) groups is 1. The van der Waals surface area contributed by atoms with E-state index in [0.717, 1.165) is 15.1 Å². The highest BCUT2D eigenvalue weighted by Gasteiger charge is 2.05. The van der Waals surface area contributed by atoms with E-state index in [0.29, 0.717) is 24.2 Å². The van der Waals surface area contributed by atoms with Crippen LogP contribution in [0.3, 0.4) is 0 Å². The quantitative estimate of drug-likeness (QED) is 0.768. The molecule has 0 spiro atoms. The van der Waals surface area contributed by atoms with E-state index in [1.54, 1.807) is 17.8 Å². The lowest BCUT2D eigenvalue weighted by Crippen LogP contribution is -2.24. The van der Waals surface area contributed by atoms with Crippen LogP contribution >= 0.6 is 27.7 Å². The van der Waals surface area contributed by atoms with Gasteiger partial charge >= 0.3 is 0 Å². The second-order valence-electron chi connectivity index (χ2n) is 4.94. The van der Waals surface area contributed by atoms with Gasteiger partial charge in [-0.05, 0) is 28.1 Å². The molecular formula is C15H18BrN3OS. The van der Waals surface area contributed by atoms with Crippen LogP contribution in [-0.4, -0.2) is 16.0 Å². The Hall–Kier alpha value is -1.11. The zero-order valence-corrected chi connectivity index (χ0v) is 14.4. The van der Waals surface area contributed by atoms with Crippen molar-refractivity contribution in [3.63, 3.8) is 0 Å². The Morgan fingerprint density at radius 1 is 1.38 bits per heavy atom. The molecule has 0 fully saturated rings. The SMILES string of the molecule is CC(C)NCc1cc(=O)[nH]c(CSc2ccccc2Br)n1. The number of H-pyrrole nitrogens is 1. The maximum absolute atomic E-state index is 11.7. The molecule has 0 atom stereocenters. The zero-order chi connectivity index (χ0) is 15.2. The monoisotopic (exact) mass is 367 g/mol. The molecule has 1 aromatic carbocycles. The van der Waals surface area contributed by atoms with Gasteiger partial charge in [0.05, 0.1) is 11.4 Å². The number of nitrogens with one attached hydrogen (secondary N) is 2. The summed E-state index contributed by atoms with van der Waals surface area (Å²) < 4.78 is 1.05. The van der Waals surface area contributed by atoms with Crippen LogP contribution in [0.5, 0.6) is 0 Å². The second kappa shape index (κ2) is 7.77. The summed E-state index contributed by atoms with van der Waals surface area (Å²) in [5.74, 6) is 1.33. The number of benzene rings is 1. The lowest BCUT2D eigenvalue weighted by Gasteiger charge is -2.08. The molecule has 0 saturated carbocycles. The van der Waals surface area contributed by atoms with E-state index in [1.807, 2.05) is 24.3 Å². The molecule has 112 valence electrons. The number of hydrogen-bond donors (Lipinski definition) is 2. The highest BCUT2D eigenvalue weighted by molar-refractivity contribution is 9.10. The van der Waals surface area contributed by atoms with Gasteiger partial charge in [-0.15, -0.1) is 11.8 Å². The number of aromatic amines is 1. The van der Waals surface area contributed by atoms with Gasteiger partial charge in [0.25, 0.3) is 5.56 Å². The largest absolute Gasteiger partial charge is 0.310 e. The molecule has 0 aliphatic rings. The maximum atomic E-state index is 11.7. The van der Waals surface area contributed by atoms with E-state index in [9.17, 15) is 4.79 Å². The van der Waals surface area contributed by atoms with Crippen LogP contribution in [0.2, 0.25) is 0 Å². The van der Waals surface area contributed by atoms with Gasteiger partial charge in [-0.3, -0.25) is 4.79 Å². The fraction of sp³-hybridized carbons (Fsp3) is 0.333. The molecule has 2 N–H and O–H groups in total. The van der Waals surface area contributed by atoms with Gasteiger partial charge in [0.1, 0.15) is 5.82 Å². The third-order valence-corrected chi connectivity index (χ3v) is 4.77. The lowest BCUT2D eigenvalue weighted by molar-refractivity contribution is 0.579. The fourth-order valence-electron chi connectivity index (χ4n) is 1.74. The fourth-order valence-corrected chi connectivity index (χ4v) is 3.18. The van der Waals surface area contributed by atoms with Gasteiger partial charge in [0, 0.05) is 28.0 Å². The highest BCUT2D eigenvalue weighted by atomic mass is 79.9. The molecule has 0 amide bonds. The average Bonchev–Trinajstić information content (AvgIpc) is 2.44. The zero-order valence-electron chi connectivity index (χ0n) is 12.0. The molecule has 2 rings (SSSR count). The average molecular weight is 368 g/mol.